The van der Waals surface area contributed by atoms with Gasteiger partial charge < -0.3 is 14.2 Å². The third-order valence-corrected chi connectivity index (χ3v) is 3.46. The van der Waals surface area contributed by atoms with Crippen molar-refractivity contribution in [2.24, 2.45) is 0 Å². The fourth-order valence-corrected chi connectivity index (χ4v) is 2.28. The maximum absolute atomic E-state index is 11.7. The van der Waals surface area contributed by atoms with Crippen molar-refractivity contribution < 1.29 is 19.0 Å². The molecule has 2 rings (SSSR count). The van der Waals surface area contributed by atoms with Crippen molar-refractivity contribution in [3.8, 4) is 0 Å². The molecule has 0 aromatic heterocycles. The van der Waals surface area contributed by atoms with E-state index in [9.17, 15) is 4.79 Å². The molecule has 4 nitrogen and oxygen atoms in total. The zero-order chi connectivity index (χ0) is 12.8. The summed E-state index contributed by atoms with van der Waals surface area (Å²) >= 11 is 0. The third-order valence-electron chi connectivity index (χ3n) is 3.46. The van der Waals surface area contributed by atoms with Crippen LogP contribution in [0.5, 0.6) is 0 Å². The fourth-order valence-electron chi connectivity index (χ4n) is 2.28. The van der Waals surface area contributed by atoms with E-state index in [1.54, 1.807) is 6.92 Å². The van der Waals surface area contributed by atoms with Crippen LogP contribution >= 0.6 is 0 Å². The molecule has 0 aromatic rings. The van der Waals surface area contributed by atoms with Crippen LogP contribution in [0.15, 0.2) is 11.6 Å². The van der Waals surface area contributed by atoms with Crippen molar-refractivity contribution in [3.63, 3.8) is 0 Å². The van der Waals surface area contributed by atoms with Gasteiger partial charge in [-0.2, -0.15) is 0 Å². The Labute approximate surface area is 108 Å². The second kappa shape index (κ2) is 6.90. The highest BCUT2D eigenvalue weighted by atomic mass is 16.6. The van der Waals surface area contributed by atoms with E-state index < -0.39 is 0 Å². The van der Waals surface area contributed by atoms with Gasteiger partial charge >= 0.3 is 5.97 Å². The van der Waals surface area contributed by atoms with Crippen LogP contribution in [0.2, 0.25) is 0 Å². The third kappa shape index (κ3) is 4.10. The minimum absolute atomic E-state index is 0.0971. The van der Waals surface area contributed by atoms with E-state index in [0.29, 0.717) is 12.2 Å². The van der Waals surface area contributed by atoms with Gasteiger partial charge in [-0.3, -0.25) is 0 Å². The van der Waals surface area contributed by atoms with E-state index in [-0.39, 0.29) is 18.2 Å². The topological polar surface area (TPSA) is 44.8 Å². The van der Waals surface area contributed by atoms with Crippen LogP contribution < -0.4 is 0 Å². The molecule has 0 saturated carbocycles. The molecule has 0 amide bonds. The lowest BCUT2D eigenvalue weighted by Crippen LogP contribution is -2.18. The Hall–Kier alpha value is -0.870. The molecule has 0 N–H and O–H groups in total. The number of rotatable bonds is 5. The quantitative estimate of drug-likeness (QED) is 0.557. The van der Waals surface area contributed by atoms with Gasteiger partial charge in [0.05, 0.1) is 12.2 Å². The molecule has 0 bridgehead atoms. The Morgan fingerprint density at radius 3 is 2.50 bits per heavy atom. The zero-order valence-corrected chi connectivity index (χ0v) is 11.0. The number of ether oxygens (including phenoxy) is 3. The Kier molecular flexibility index (Phi) is 5.20. The zero-order valence-electron chi connectivity index (χ0n) is 11.0. The Morgan fingerprint density at radius 1 is 1.22 bits per heavy atom. The van der Waals surface area contributed by atoms with Crippen molar-refractivity contribution in [3.05, 3.63) is 11.6 Å². The van der Waals surface area contributed by atoms with Crippen LogP contribution in [0.25, 0.3) is 0 Å². The molecule has 2 saturated heterocycles. The minimum Gasteiger partial charge on any atom is -0.460 e. The Morgan fingerprint density at radius 2 is 1.89 bits per heavy atom. The molecule has 2 aliphatic rings. The van der Waals surface area contributed by atoms with Crippen molar-refractivity contribution in [1.82, 2.24) is 0 Å². The monoisotopic (exact) mass is 254 g/mol. The van der Waals surface area contributed by atoms with Crippen LogP contribution in [-0.2, 0) is 19.0 Å². The molecular weight excluding hydrogens is 232 g/mol. The standard InChI is InChI=1S/C14H22O4/c1-11(6-7-12-4-2-8-16-12)14(15)18-10-13-5-3-9-17-13/h6,12-13H,2-5,7-10H2,1H3. The van der Waals surface area contributed by atoms with Crippen molar-refractivity contribution >= 4 is 5.97 Å². The summed E-state index contributed by atoms with van der Waals surface area (Å²) < 4.78 is 16.1. The summed E-state index contributed by atoms with van der Waals surface area (Å²) in [6.07, 6.45) is 7.39. The normalized spacial score (nSPS) is 28.6. The molecule has 18 heavy (non-hydrogen) atoms. The highest BCUT2D eigenvalue weighted by Gasteiger charge is 2.18. The molecule has 0 aliphatic carbocycles. The number of hydrogen-bond acceptors (Lipinski definition) is 4. The van der Waals surface area contributed by atoms with Gasteiger partial charge in [-0.15, -0.1) is 0 Å². The molecule has 2 atom stereocenters. The summed E-state index contributed by atoms with van der Waals surface area (Å²) in [6, 6.07) is 0. The Bertz CT molecular complexity index is 299. The van der Waals surface area contributed by atoms with Crippen LogP contribution in [0.1, 0.15) is 39.0 Å². The van der Waals surface area contributed by atoms with Gasteiger partial charge in [0.15, 0.2) is 0 Å². The van der Waals surface area contributed by atoms with Crippen LogP contribution in [0, 0.1) is 0 Å². The van der Waals surface area contributed by atoms with Crippen molar-refractivity contribution in [2.75, 3.05) is 19.8 Å². The van der Waals surface area contributed by atoms with Crippen LogP contribution in [0.3, 0.4) is 0 Å². The summed E-state index contributed by atoms with van der Waals surface area (Å²) in [6.45, 7) is 3.81. The molecule has 2 unspecified atom stereocenters. The molecule has 2 fully saturated rings. The van der Waals surface area contributed by atoms with E-state index in [4.69, 9.17) is 14.2 Å². The predicted molar refractivity (Wildman–Crippen MR) is 67.3 cm³/mol. The van der Waals surface area contributed by atoms with Gasteiger partial charge in [0.2, 0.25) is 0 Å². The average Bonchev–Trinajstić information content (AvgIpc) is 3.05. The van der Waals surface area contributed by atoms with E-state index in [0.717, 1.165) is 45.3 Å². The molecule has 2 aliphatic heterocycles. The predicted octanol–water partition coefficient (Wildman–Crippen LogP) is 2.22. The first-order valence-corrected chi connectivity index (χ1v) is 6.83. The molecule has 2 heterocycles. The van der Waals surface area contributed by atoms with E-state index in [1.807, 2.05) is 6.08 Å². The van der Waals surface area contributed by atoms with Gasteiger partial charge in [-0.25, -0.2) is 4.79 Å². The fraction of sp³-hybridized carbons (Fsp3) is 0.786. The first-order chi connectivity index (χ1) is 8.75. The molecule has 4 heteroatoms. The number of carbonyl (C=O) groups excluding carboxylic acids is 1. The van der Waals surface area contributed by atoms with Crippen LogP contribution in [-0.4, -0.2) is 38.0 Å². The molecule has 102 valence electrons. The largest absolute Gasteiger partial charge is 0.460 e. The summed E-state index contributed by atoms with van der Waals surface area (Å²) in [4.78, 5) is 11.7. The first kappa shape index (κ1) is 13.6. The molecular formula is C14H22O4. The van der Waals surface area contributed by atoms with E-state index in [2.05, 4.69) is 0 Å². The van der Waals surface area contributed by atoms with Crippen molar-refractivity contribution in [2.45, 2.75) is 51.2 Å². The summed E-state index contributed by atoms with van der Waals surface area (Å²) in [7, 11) is 0. The smallest absolute Gasteiger partial charge is 0.333 e. The lowest BCUT2D eigenvalue weighted by atomic mass is 10.1. The van der Waals surface area contributed by atoms with Gasteiger partial charge in [-0.05, 0) is 39.0 Å². The van der Waals surface area contributed by atoms with Crippen LogP contribution in [0.4, 0.5) is 0 Å². The highest BCUT2D eigenvalue weighted by molar-refractivity contribution is 5.87. The average molecular weight is 254 g/mol. The number of hydrogen-bond donors (Lipinski definition) is 0. The summed E-state index contributed by atoms with van der Waals surface area (Å²) in [5, 5.41) is 0. The molecule has 0 radical (unpaired) electrons. The number of carbonyl (C=O) groups is 1. The summed E-state index contributed by atoms with van der Waals surface area (Å²) in [5.41, 5.74) is 0.670. The van der Waals surface area contributed by atoms with Gasteiger partial charge in [0.25, 0.3) is 0 Å². The second-order valence-corrected chi connectivity index (χ2v) is 4.99. The minimum atomic E-state index is -0.233. The molecule has 0 aromatic carbocycles. The number of esters is 1. The van der Waals surface area contributed by atoms with E-state index >= 15 is 0 Å². The first-order valence-electron chi connectivity index (χ1n) is 6.83. The maximum atomic E-state index is 11.7. The van der Waals surface area contributed by atoms with Gasteiger partial charge in [-0.1, -0.05) is 6.08 Å². The van der Waals surface area contributed by atoms with E-state index in [1.165, 1.54) is 0 Å². The molecule has 0 spiro atoms. The van der Waals surface area contributed by atoms with Crippen molar-refractivity contribution in [1.29, 1.82) is 0 Å². The Balaban J connectivity index is 1.67. The van der Waals surface area contributed by atoms with Gasteiger partial charge in [0, 0.05) is 18.8 Å². The second-order valence-electron chi connectivity index (χ2n) is 4.99. The maximum Gasteiger partial charge on any atom is 0.333 e. The lowest BCUT2D eigenvalue weighted by molar-refractivity contribution is -0.142. The highest BCUT2D eigenvalue weighted by Crippen LogP contribution is 2.17. The SMILES string of the molecule is CC(=CCC1CCCO1)C(=O)OCC1CCCO1. The van der Waals surface area contributed by atoms with Gasteiger partial charge in [0.1, 0.15) is 6.61 Å². The summed E-state index contributed by atoms with van der Waals surface area (Å²) in [5.74, 6) is -0.233. The lowest BCUT2D eigenvalue weighted by Gasteiger charge is -2.11.